The second kappa shape index (κ2) is 5.35. The van der Waals surface area contributed by atoms with Crippen molar-refractivity contribution >= 4 is 17.0 Å². The molecular formula is C10H11FN8O3. The van der Waals surface area contributed by atoms with Gasteiger partial charge in [0, 0.05) is 4.91 Å². The van der Waals surface area contributed by atoms with E-state index in [-0.39, 0.29) is 17.0 Å². The number of imidazole rings is 1. The first-order valence-corrected chi connectivity index (χ1v) is 6.21. The lowest BCUT2D eigenvalue weighted by Gasteiger charge is -2.17. The Balaban J connectivity index is 2.11. The number of aliphatic hydroxyl groups is 2. The van der Waals surface area contributed by atoms with Gasteiger partial charge in [0.25, 0.3) is 0 Å². The quantitative estimate of drug-likeness (QED) is 0.296. The smallest absolute Gasteiger partial charge is 0.312 e. The highest BCUT2D eigenvalue weighted by molar-refractivity contribution is 5.81. The molecule has 0 spiro atoms. The molecule has 0 aromatic carbocycles. The number of hydrogen-bond donors (Lipinski definition) is 3. The maximum absolute atomic E-state index is 13.4. The fraction of sp³-hybridized carbons (Fsp3) is 0.500. The number of hydrogen-bond acceptors (Lipinski definition) is 8. The van der Waals surface area contributed by atoms with Gasteiger partial charge < -0.3 is 20.7 Å². The number of rotatable bonds is 3. The first-order valence-electron chi connectivity index (χ1n) is 6.21. The summed E-state index contributed by atoms with van der Waals surface area (Å²) < 4.78 is 20.1. The third kappa shape index (κ3) is 2.10. The summed E-state index contributed by atoms with van der Waals surface area (Å²) in [6, 6.07) is -1.04. The summed E-state index contributed by atoms with van der Waals surface area (Å²) in [5.74, 6) is -0.154. The van der Waals surface area contributed by atoms with Crippen LogP contribution >= 0.6 is 0 Å². The Bertz CT molecular complexity index is 760. The molecule has 1 fully saturated rings. The first-order chi connectivity index (χ1) is 10.6. The summed E-state index contributed by atoms with van der Waals surface area (Å²) >= 11 is 0. The van der Waals surface area contributed by atoms with E-state index in [0.29, 0.717) is 0 Å². The Labute approximate surface area is 121 Å². The lowest BCUT2D eigenvalue weighted by molar-refractivity contribution is -0.0437. The number of halogens is 1. The normalized spacial score (nSPS) is 28.0. The molecule has 4 N–H and O–H groups in total. The number of ether oxygens (including phenoxy) is 1. The minimum absolute atomic E-state index is 0.0268. The molecule has 0 radical (unpaired) electrons. The Morgan fingerprint density at radius 1 is 1.55 bits per heavy atom. The number of nitrogen functional groups attached to an aromatic ring is 1. The van der Waals surface area contributed by atoms with E-state index in [4.69, 9.17) is 16.0 Å². The minimum Gasteiger partial charge on any atom is -0.394 e. The number of aromatic nitrogens is 4. The summed E-state index contributed by atoms with van der Waals surface area (Å²) in [4.78, 5) is 13.6. The second-order valence-electron chi connectivity index (χ2n) is 4.64. The highest BCUT2D eigenvalue weighted by Crippen LogP contribution is 2.34. The van der Waals surface area contributed by atoms with E-state index in [0.717, 1.165) is 0 Å². The van der Waals surface area contributed by atoms with E-state index < -0.39 is 37.2 Å². The fourth-order valence-electron chi connectivity index (χ4n) is 2.39. The predicted molar refractivity (Wildman–Crippen MR) is 69.6 cm³/mol. The maximum atomic E-state index is 13.4. The van der Waals surface area contributed by atoms with Crippen LogP contribution in [-0.2, 0) is 4.74 Å². The van der Waals surface area contributed by atoms with Crippen molar-refractivity contribution in [2.75, 3.05) is 12.3 Å². The highest BCUT2D eigenvalue weighted by Gasteiger charge is 2.44. The van der Waals surface area contributed by atoms with Crippen molar-refractivity contribution in [2.24, 2.45) is 5.11 Å². The van der Waals surface area contributed by atoms with E-state index in [9.17, 15) is 14.6 Å². The molecule has 1 aliphatic rings. The standard InChI is InChI=1S/C10H11FN8O3/c11-10-15-7(12)5-8(16-10)19(2-14-5)9-4(17-18-13)6(21)3(1-20)22-9/h2-4,6,9,20-21H,1H2,(H2,12,15,16)/t3-,4-,6+,9?/m1/s1. The summed E-state index contributed by atoms with van der Waals surface area (Å²) in [5, 5.41) is 22.7. The maximum Gasteiger partial charge on any atom is 0.312 e. The van der Waals surface area contributed by atoms with Gasteiger partial charge in [-0.1, -0.05) is 5.11 Å². The molecule has 11 nitrogen and oxygen atoms in total. The van der Waals surface area contributed by atoms with Gasteiger partial charge in [0.05, 0.1) is 19.0 Å². The Kier molecular flexibility index (Phi) is 3.50. The molecule has 0 amide bonds. The van der Waals surface area contributed by atoms with E-state index in [1.165, 1.54) is 10.9 Å². The molecule has 2 aromatic heterocycles. The van der Waals surface area contributed by atoms with Gasteiger partial charge in [-0.25, -0.2) is 4.98 Å². The molecule has 4 atom stereocenters. The Hall–Kier alpha value is -2.53. The molecule has 1 unspecified atom stereocenters. The van der Waals surface area contributed by atoms with Crippen LogP contribution in [0.4, 0.5) is 10.2 Å². The van der Waals surface area contributed by atoms with Gasteiger partial charge in [-0.15, -0.1) is 0 Å². The largest absolute Gasteiger partial charge is 0.394 e. The van der Waals surface area contributed by atoms with Crippen molar-refractivity contribution in [2.45, 2.75) is 24.5 Å². The van der Waals surface area contributed by atoms with Gasteiger partial charge in [-0.05, 0) is 5.53 Å². The highest BCUT2D eigenvalue weighted by atomic mass is 19.1. The average molecular weight is 310 g/mol. The molecule has 3 heterocycles. The summed E-state index contributed by atoms with van der Waals surface area (Å²) in [7, 11) is 0. The van der Waals surface area contributed by atoms with Crippen LogP contribution in [0.1, 0.15) is 6.23 Å². The lowest BCUT2D eigenvalue weighted by atomic mass is 10.1. The molecule has 1 aliphatic heterocycles. The van der Waals surface area contributed by atoms with Gasteiger partial charge >= 0.3 is 6.08 Å². The van der Waals surface area contributed by atoms with Crippen molar-refractivity contribution in [3.05, 3.63) is 22.8 Å². The first kappa shape index (κ1) is 14.4. The predicted octanol–water partition coefficient (Wildman–Crippen LogP) is -0.523. The van der Waals surface area contributed by atoms with Crippen LogP contribution in [0.2, 0.25) is 0 Å². The zero-order valence-corrected chi connectivity index (χ0v) is 11.0. The molecule has 1 saturated heterocycles. The van der Waals surface area contributed by atoms with Crippen LogP contribution < -0.4 is 5.73 Å². The minimum atomic E-state index is -1.23. The van der Waals surface area contributed by atoms with Crippen LogP contribution in [0.5, 0.6) is 0 Å². The lowest BCUT2D eigenvalue weighted by Crippen LogP contribution is -2.31. The SMILES string of the molecule is [N-]=[N+]=N[C@H]1C(n2cnc3c(N)nc(F)nc32)O[C@H](CO)[C@@H]1O. The van der Waals surface area contributed by atoms with Crippen molar-refractivity contribution < 1.29 is 19.3 Å². The molecule has 3 rings (SSSR count). The van der Waals surface area contributed by atoms with E-state index in [1.54, 1.807) is 0 Å². The summed E-state index contributed by atoms with van der Waals surface area (Å²) in [6.45, 7) is -0.479. The van der Waals surface area contributed by atoms with Crippen LogP contribution in [-0.4, -0.2) is 54.6 Å². The summed E-state index contributed by atoms with van der Waals surface area (Å²) in [6.07, 6.45) is -2.99. The number of azide groups is 1. The van der Waals surface area contributed by atoms with Gasteiger partial charge in [-0.2, -0.15) is 14.4 Å². The van der Waals surface area contributed by atoms with Gasteiger partial charge in [-0.3, -0.25) is 4.57 Å². The van der Waals surface area contributed by atoms with Crippen LogP contribution in [0.3, 0.4) is 0 Å². The van der Waals surface area contributed by atoms with Crippen molar-refractivity contribution in [3.8, 4) is 0 Å². The van der Waals surface area contributed by atoms with E-state index in [1.807, 2.05) is 0 Å². The number of anilines is 1. The average Bonchev–Trinajstić information content (AvgIpc) is 3.02. The topological polar surface area (TPSA) is 168 Å². The zero-order valence-electron chi connectivity index (χ0n) is 11.0. The Morgan fingerprint density at radius 3 is 3.00 bits per heavy atom. The van der Waals surface area contributed by atoms with Crippen molar-refractivity contribution in [3.63, 3.8) is 0 Å². The zero-order chi connectivity index (χ0) is 15.9. The van der Waals surface area contributed by atoms with Crippen LogP contribution in [0.25, 0.3) is 21.6 Å². The number of nitrogens with zero attached hydrogens (tertiary/aromatic N) is 7. The molecule has 0 bridgehead atoms. The van der Waals surface area contributed by atoms with Gasteiger partial charge in [0.2, 0.25) is 0 Å². The van der Waals surface area contributed by atoms with Gasteiger partial charge in [0.1, 0.15) is 18.4 Å². The molecule has 22 heavy (non-hydrogen) atoms. The molecule has 116 valence electrons. The number of nitrogens with two attached hydrogens (primary N) is 1. The number of fused-ring (bicyclic) bond motifs is 1. The van der Waals surface area contributed by atoms with E-state index in [2.05, 4.69) is 25.0 Å². The van der Waals surface area contributed by atoms with Crippen molar-refractivity contribution in [1.82, 2.24) is 19.5 Å². The molecule has 2 aromatic rings. The monoisotopic (exact) mass is 310 g/mol. The third-order valence-electron chi connectivity index (χ3n) is 3.40. The Morgan fingerprint density at radius 2 is 2.32 bits per heavy atom. The van der Waals surface area contributed by atoms with Crippen LogP contribution in [0, 0.1) is 6.08 Å². The summed E-state index contributed by atoms with van der Waals surface area (Å²) in [5.41, 5.74) is 14.4. The third-order valence-corrected chi connectivity index (χ3v) is 3.40. The van der Waals surface area contributed by atoms with Crippen molar-refractivity contribution in [1.29, 1.82) is 0 Å². The number of aliphatic hydroxyl groups excluding tert-OH is 2. The fourth-order valence-corrected chi connectivity index (χ4v) is 2.39. The second-order valence-corrected chi connectivity index (χ2v) is 4.64. The molecular weight excluding hydrogens is 299 g/mol. The molecule has 0 aliphatic carbocycles. The van der Waals surface area contributed by atoms with Crippen LogP contribution in [0.15, 0.2) is 11.4 Å². The van der Waals surface area contributed by atoms with E-state index >= 15 is 0 Å². The van der Waals surface area contributed by atoms with Gasteiger partial charge in [0.15, 0.2) is 17.0 Å². The molecule has 12 heteroatoms. The molecule has 0 saturated carbocycles.